The predicted molar refractivity (Wildman–Crippen MR) is 67.1 cm³/mol. The average molecular weight is 268 g/mol. The third kappa shape index (κ3) is 2.83. The van der Waals surface area contributed by atoms with Crippen LogP contribution >= 0.6 is 23.4 Å². The summed E-state index contributed by atoms with van der Waals surface area (Å²) >= 11 is 7.05. The van der Waals surface area contributed by atoms with Gasteiger partial charge in [0.05, 0.1) is 11.4 Å². The van der Waals surface area contributed by atoms with Crippen molar-refractivity contribution in [2.75, 3.05) is 5.73 Å². The number of rotatable bonds is 2. The van der Waals surface area contributed by atoms with E-state index in [9.17, 15) is 0 Å². The molecule has 17 heavy (non-hydrogen) atoms. The quantitative estimate of drug-likeness (QED) is 0.664. The topological polar surface area (TPSA) is 77.6 Å². The maximum atomic E-state index is 5.87. The minimum atomic E-state index is 0.173. The summed E-state index contributed by atoms with van der Waals surface area (Å²) in [5, 5.41) is 1.33. The second-order valence-electron chi connectivity index (χ2n) is 3.44. The van der Waals surface area contributed by atoms with E-state index in [1.807, 2.05) is 6.92 Å². The molecule has 0 unspecified atom stereocenters. The summed E-state index contributed by atoms with van der Waals surface area (Å²) in [6.07, 6.45) is 3.47. The molecular weight excluding hydrogens is 258 g/mol. The van der Waals surface area contributed by atoms with E-state index >= 15 is 0 Å². The zero-order valence-corrected chi connectivity index (χ0v) is 10.9. The van der Waals surface area contributed by atoms with Crippen LogP contribution in [0.4, 0.5) is 5.69 Å². The van der Waals surface area contributed by atoms with Crippen molar-refractivity contribution in [2.45, 2.75) is 24.0 Å². The zero-order valence-electron chi connectivity index (χ0n) is 9.31. The van der Waals surface area contributed by atoms with E-state index in [0.717, 1.165) is 5.56 Å². The van der Waals surface area contributed by atoms with E-state index in [4.69, 9.17) is 17.3 Å². The molecule has 2 N–H and O–H groups in total. The molecule has 0 fully saturated rings. The molecule has 0 radical (unpaired) electrons. The van der Waals surface area contributed by atoms with Gasteiger partial charge in [-0.25, -0.2) is 19.9 Å². The Balaban J connectivity index is 2.32. The number of aromatic nitrogens is 4. The summed E-state index contributed by atoms with van der Waals surface area (Å²) in [6, 6.07) is 0. The van der Waals surface area contributed by atoms with Gasteiger partial charge >= 0.3 is 0 Å². The first kappa shape index (κ1) is 12.1. The van der Waals surface area contributed by atoms with Gasteiger partial charge in [-0.1, -0.05) is 0 Å². The molecule has 0 aliphatic rings. The van der Waals surface area contributed by atoms with Crippen LogP contribution in [0.1, 0.15) is 11.3 Å². The Hall–Kier alpha value is -1.40. The van der Waals surface area contributed by atoms with Crippen LogP contribution in [0.3, 0.4) is 0 Å². The molecular formula is C10H10ClN5S. The summed E-state index contributed by atoms with van der Waals surface area (Å²) in [6.45, 7) is 3.71. The van der Waals surface area contributed by atoms with Gasteiger partial charge in [0.25, 0.3) is 0 Å². The van der Waals surface area contributed by atoms with Gasteiger partial charge in [-0.15, -0.1) is 0 Å². The standard InChI is InChI=1S/C10H10ClN5S/c1-5-3-13-10(14-4-5)17-8-7(12)6(2)15-9(11)16-8/h3-4H,12H2,1-2H3. The number of nitrogens with zero attached hydrogens (tertiary/aromatic N) is 4. The lowest BCUT2D eigenvalue weighted by Gasteiger charge is -2.05. The molecule has 0 atom stereocenters. The number of aryl methyl sites for hydroxylation is 2. The van der Waals surface area contributed by atoms with Crippen LogP contribution in [0.15, 0.2) is 22.6 Å². The third-order valence-corrected chi connectivity index (χ3v) is 3.09. The minimum Gasteiger partial charge on any atom is -0.395 e. The molecule has 88 valence electrons. The minimum absolute atomic E-state index is 0.173. The van der Waals surface area contributed by atoms with Gasteiger partial charge in [-0.3, -0.25) is 0 Å². The van der Waals surface area contributed by atoms with E-state index in [1.54, 1.807) is 19.3 Å². The molecule has 0 amide bonds. The van der Waals surface area contributed by atoms with Crippen molar-refractivity contribution in [3.8, 4) is 0 Å². The van der Waals surface area contributed by atoms with Gasteiger partial charge in [0, 0.05) is 12.4 Å². The molecule has 0 spiro atoms. The Bertz CT molecular complexity index is 543. The normalized spacial score (nSPS) is 10.5. The fraction of sp³-hybridized carbons (Fsp3) is 0.200. The molecule has 7 heteroatoms. The van der Waals surface area contributed by atoms with Gasteiger partial charge < -0.3 is 5.73 Å². The SMILES string of the molecule is Cc1cnc(Sc2nc(Cl)nc(C)c2N)nc1. The second kappa shape index (κ2) is 4.85. The molecule has 0 saturated heterocycles. The molecule has 0 aliphatic carbocycles. The number of halogens is 1. The van der Waals surface area contributed by atoms with Gasteiger partial charge in [-0.05, 0) is 42.8 Å². The van der Waals surface area contributed by atoms with Gasteiger partial charge in [-0.2, -0.15) is 0 Å². The third-order valence-electron chi connectivity index (χ3n) is 2.02. The highest BCUT2D eigenvalue weighted by molar-refractivity contribution is 7.99. The van der Waals surface area contributed by atoms with Crippen molar-refractivity contribution >= 4 is 29.1 Å². The second-order valence-corrected chi connectivity index (χ2v) is 4.74. The predicted octanol–water partition coefficient (Wildman–Crippen LogP) is 2.27. The molecule has 2 aromatic rings. The number of nitrogens with two attached hydrogens (primary N) is 1. The van der Waals surface area contributed by atoms with E-state index in [2.05, 4.69) is 19.9 Å². The van der Waals surface area contributed by atoms with Crippen LogP contribution in [0, 0.1) is 13.8 Å². The molecule has 2 heterocycles. The lowest BCUT2D eigenvalue weighted by molar-refractivity contribution is 0.939. The van der Waals surface area contributed by atoms with Crippen molar-refractivity contribution < 1.29 is 0 Å². The van der Waals surface area contributed by atoms with Crippen molar-refractivity contribution in [1.29, 1.82) is 0 Å². The van der Waals surface area contributed by atoms with Crippen LogP contribution in [-0.4, -0.2) is 19.9 Å². The van der Waals surface area contributed by atoms with Crippen LogP contribution in [0.2, 0.25) is 5.28 Å². The van der Waals surface area contributed by atoms with E-state index < -0.39 is 0 Å². The first-order valence-corrected chi connectivity index (χ1v) is 6.02. The van der Waals surface area contributed by atoms with Gasteiger partial charge in [0.1, 0.15) is 5.03 Å². The number of nitrogen functional groups attached to an aromatic ring is 1. The molecule has 2 rings (SSSR count). The van der Waals surface area contributed by atoms with Gasteiger partial charge in [0.15, 0.2) is 5.16 Å². The lowest BCUT2D eigenvalue weighted by Crippen LogP contribution is -2.00. The fourth-order valence-corrected chi connectivity index (χ4v) is 2.16. The summed E-state index contributed by atoms with van der Waals surface area (Å²) in [7, 11) is 0. The van der Waals surface area contributed by atoms with E-state index in [0.29, 0.717) is 21.6 Å². The smallest absolute Gasteiger partial charge is 0.223 e. The summed E-state index contributed by atoms with van der Waals surface area (Å²) < 4.78 is 0. The van der Waals surface area contributed by atoms with Crippen molar-refractivity contribution in [1.82, 2.24) is 19.9 Å². The molecule has 0 bridgehead atoms. The van der Waals surface area contributed by atoms with Crippen molar-refractivity contribution in [3.63, 3.8) is 0 Å². The first-order valence-electron chi connectivity index (χ1n) is 4.82. The number of anilines is 1. The van der Waals surface area contributed by atoms with Crippen LogP contribution in [0.25, 0.3) is 0 Å². The van der Waals surface area contributed by atoms with Gasteiger partial charge in [0.2, 0.25) is 5.28 Å². The van der Waals surface area contributed by atoms with Crippen molar-refractivity contribution in [3.05, 3.63) is 28.9 Å². The van der Waals surface area contributed by atoms with Crippen LogP contribution in [0.5, 0.6) is 0 Å². The highest BCUT2D eigenvalue weighted by atomic mass is 35.5. The average Bonchev–Trinajstić information content (AvgIpc) is 2.28. The van der Waals surface area contributed by atoms with Crippen LogP contribution < -0.4 is 5.73 Å². The first-order chi connectivity index (χ1) is 8.06. The Morgan fingerprint density at radius 1 is 1.18 bits per heavy atom. The maximum Gasteiger partial charge on any atom is 0.223 e. The van der Waals surface area contributed by atoms with Crippen molar-refractivity contribution in [2.24, 2.45) is 0 Å². The zero-order chi connectivity index (χ0) is 12.4. The molecule has 0 aromatic carbocycles. The molecule has 0 saturated carbocycles. The van der Waals surface area contributed by atoms with E-state index in [1.165, 1.54) is 11.8 Å². The largest absolute Gasteiger partial charge is 0.395 e. The maximum absolute atomic E-state index is 5.87. The Morgan fingerprint density at radius 2 is 1.82 bits per heavy atom. The summed E-state index contributed by atoms with van der Waals surface area (Å²) in [5.41, 5.74) is 8.02. The Kier molecular flexibility index (Phi) is 3.44. The summed E-state index contributed by atoms with van der Waals surface area (Å²) in [5.74, 6) is 0. The number of hydrogen-bond acceptors (Lipinski definition) is 6. The highest BCUT2D eigenvalue weighted by Crippen LogP contribution is 2.29. The lowest BCUT2D eigenvalue weighted by atomic mass is 10.4. The fourth-order valence-electron chi connectivity index (χ4n) is 1.12. The monoisotopic (exact) mass is 267 g/mol. The molecule has 5 nitrogen and oxygen atoms in total. The Morgan fingerprint density at radius 3 is 2.47 bits per heavy atom. The molecule has 0 aliphatic heterocycles. The number of hydrogen-bond donors (Lipinski definition) is 1. The van der Waals surface area contributed by atoms with Crippen LogP contribution in [-0.2, 0) is 0 Å². The summed E-state index contributed by atoms with van der Waals surface area (Å²) in [4.78, 5) is 16.4. The van der Waals surface area contributed by atoms with E-state index in [-0.39, 0.29) is 5.28 Å². The Labute approximate surface area is 108 Å². The molecule has 2 aromatic heterocycles. The highest BCUT2D eigenvalue weighted by Gasteiger charge is 2.10.